The fourth-order valence-electron chi connectivity index (χ4n) is 2.58. The van der Waals surface area contributed by atoms with Crippen molar-refractivity contribution in [2.24, 2.45) is 0 Å². The van der Waals surface area contributed by atoms with E-state index in [-0.39, 0.29) is 17.3 Å². The summed E-state index contributed by atoms with van der Waals surface area (Å²) in [4.78, 5) is 22.6. The lowest BCUT2D eigenvalue weighted by Crippen LogP contribution is -2.23. The van der Waals surface area contributed by atoms with E-state index in [1.54, 1.807) is 31.5 Å². The van der Waals surface area contributed by atoms with E-state index in [0.717, 1.165) is 11.1 Å². The van der Waals surface area contributed by atoms with Gasteiger partial charge in [-0.1, -0.05) is 24.3 Å². The third-order valence-corrected chi connectivity index (χ3v) is 3.90. The second-order valence-corrected chi connectivity index (χ2v) is 5.85. The van der Waals surface area contributed by atoms with Gasteiger partial charge in [-0.2, -0.15) is 5.10 Å². The molecule has 138 valence electrons. The fraction of sp³-hybridized carbons (Fsp3) is 0.158. The number of rotatable bonds is 7. The first-order valence-corrected chi connectivity index (χ1v) is 8.22. The molecule has 3 aromatic rings. The number of aromatic nitrogens is 2. The van der Waals surface area contributed by atoms with Gasteiger partial charge in [0, 0.05) is 32.0 Å². The molecular weight excluding hydrogens is 348 g/mol. The summed E-state index contributed by atoms with van der Waals surface area (Å²) in [7, 11) is 1.63. The molecule has 0 unspecified atom stereocenters. The van der Waals surface area contributed by atoms with Gasteiger partial charge >= 0.3 is 0 Å². The molecule has 8 nitrogen and oxygen atoms in total. The molecule has 0 saturated heterocycles. The highest BCUT2D eigenvalue weighted by molar-refractivity contribution is 5.92. The van der Waals surface area contributed by atoms with Crippen molar-refractivity contribution in [1.82, 2.24) is 15.1 Å². The zero-order valence-electron chi connectivity index (χ0n) is 14.7. The molecule has 27 heavy (non-hydrogen) atoms. The van der Waals surface area contributed by atoms with E-state index in [1.165, 1.54) is 16.8 Å². The SMILES string of the molecule is COCc1cccc(CNC(=O)c2ccn(-c3ccc([N+](=O)[O-])cc3)n2)c1. The molecular formula is C19H18N4O4. The van der Waals surface area contributed by atoms with Crippen molar-refractivity contribution in [2.75, 3.05) is 7.11 Å². The van der Waals surface area contributed by atoms with E-state index >= 15 is 0 Å². The van der Waals surface area contributed by atoms with Gasteiger partial charge in [0.05, 0.1) is 17.2 Å². The van der Waals surface area contributed by atoms with Crippen LogP contribution >= 0.6 is 0 Å². The minimum Gasteiger partial charge on any atom is -0.380 e. The molecule has 0 aliphatic rings. The van der Waals surface area contributed by atoms with E-state index in [1.807, 2.05) is 24.3 Å². The molecule has 1 amide bonds. The van der Waals surface area contributed by atoms with E-state index in [4.69, 9.17) is 4.74 Å². The number of hydrogen-bond acceptors (Lipinski definition) is 5. The molecule has 0 fully saturated rings. The number of non-ortho nitro benzene ring substituents is 1. The van der Waals surface area contributed by atoms with Crippen molar-refractivity contribution in [3.63, 3.8) is 0 Å². The van der Waals surface area contributed by atoms with E-state index in [9.17, 15) is 14.9 Å². The van der Waals surface area contributed by atoms with Crippen molar-refractivity contribution in [2.45, 2.75) is 13.2 Å². The van der Waals surface area contributed by atoms with E-state index in [0.29, 0.717) is 18.8 Å². The van der Waals surface area contributed by atoms with Gasteiger partial charge in [0.2, 0.25) is 0 Å². The van der Waals surface area contributed by atoms with Crippen molar-refractivity contribution in [3.05, 3.63) is 87.7 Å². The average molecular weight is 366 g/mol. The monoisotopic (exact) mass is 366 g/mol. The van der Waals surface area contributed by atoms with Crippen LogP contribution in [0.2, 0.25) is 0 Å². The number of hydrogen-bond donors (Lipinski definition) is 1. The van der Waals surface area contributed by atoms with E-state index < -0.39 is 4.92 Å². The molecule has 1 aromatic heterocycles. The predicted octanol–water partition coefficient (Wildman–Crippen LogP) is 2.86. The summed E-state index contributed by atoms with van der Waals surface area (Å²) in [6.07, 6.45) is 1.63. The summed E-state index contributed by atoms with van der Waals surface area (Å²) >= 11 is 0. The number of nitro groups is 1. The summed E-state index contributed by atoms with van der Waals surface area (Å²) in [5, 5.41) is 17.8. The highest BCUT2D eigenvalue weighted by Crippen LogP contribution is 2.15. The molecule has 0 aliphatic carbocycles. The third kappa shape index (κ3) is 4.56. The van der Waals surface area contributed by atoms with Crippen molar-refractivity contribution < 1.29 is 14.5 Å². The standard InChI is InChI=1S/C19H18N4O4/c1-27-13-15-4-2-3-14(11-15)12-20-19(24)18-9-10-22(21-18)16-5-7-17(8-6-16)23(25)26/h2-11H,12-13H2,1H3,(H,20,24). The van der Waals surface area contributed by atoms with Gasteiger partial charge in [0.15, 0.2) is 5.69 Å². The average Bonchev–Trinajstić information content (AvgIpc) is 3.17. The Labute approximate surface area is 155 Å². The molecule has 3 rings (SSSR count). The first-order chi connectivity index (χ1) is 13.1. The van der Waals surface area contributed by atoms with Crippen LogP contribution in [0.4, 0.5) is 5.69 Å². The molecule has 1 heterocycles. The smallest absolute Gasteiger partial charge is 0.272 e. The van der Waals surface area contributed by atoms with Gasteiger partial charge in [0.1, 0.15) is 0 Å². The van der Waals surface area contributed by atoms with Crippen LogP contribution < -0.4 is 5.32 Å². The lowest BCUT2D eigenvalue weighted by Gasteiger charge is -2.06. The Morgan fingerprint density at radius 1 is 1.19 bits per heavy atom. The van der Waals surface area contributed by atoms with Gasteiger partial charge in [-0.15, -0.1) is 0 Å². The van der Waals surface area contributed by atoms with Crippen LogP contribution in [-0.2, 0) is 17.9 Å². The van der Waals surface area contributed by atoms with Crippen LogP contribution in [0.25, 0.3) is 5.69 Å². The first-order valence-electron chi connectivity index (χ1n) is 8.22. The van der Waals surface area contributed by atoms with Crippen molar-refractivity contribution in [3.8, 4) is 5.69 Å². The molecule has 0 spiro atoms. The molecule has 0 saturated carbocycles. The first kappa shape index (κ1) is 18.3. The number of carbonyl (C=O) groups excluding carboxylic acids is 1. The maximum atomic E-state index is 12.3. The van der Waals surface area contributed by atoms with Crippen LogP contribution in [0.15, 0.2) is 60.8 Å². The number of carbonyl (C=O) groups is 1. The Hall–Kier alpha value is -3.52. The number of nitrogens with zero attached hydrogens (tertiary/aromatic N) is 3. The lowest BCUT2D eigenvalue weighted by atomic mass is 10.1. The zero-order chi connectivity index (χ0) is 19.2. The Kier molecular flexibility index (Phi) is 5.58. The number of nitro benzene ring substituents is 1. The Morgan fingerprint density at radius 2 is 1.93 bits per heavy atom. The Bertz CT molecular complexity index is 950. The quantitative estimate of drug-likeness (QED) is 0.512. The van der Waals surface area contributed by atoms with Gasteiger partial charge < -0.3 is 10.1 Å². The summed E-state index contributed by atoms with van der Waals surface area (Å²) in [5.41, 5.74) is 2.90. The number of ether oxygens (including phenoxy) is 1. The predicted molar refractivity (Wildman–Crippen MR) is 98.5 cm³/mol. The highest BCUT2D eigenvalue weighted by Gasteiger charge is 2.11. The van der Waals surface area contributed by atoms with Gasteiger partial charge in [-0.25, -0.2) is 4.68 Å². The molecule has 8 heteroatoms. The molecule has 0 bridgehead atoms. The maximum Gasteiger partial charge on any atom is 0.272 e. The number of amides is 1. The minimum absolute atomic E-state index is 0.000393. The minimum atomic E-state index is -0.465. The van der Waals surface area contributed by atoms with Crippen LogP contribution in [0.5, 0.6) is 0 Å². The normalized spacial score (nSPS) is 10.6. The summed E-state index contributed by atoms with van der Waals surface area (Å²) in [6.45, 7) is 0.891. The van der Waals surface area contributed by atoms with Crippen LogP contribution in [0.3, 0.4) is 0 Å². The fourth-order valence-corrected chi connectivity index (χ4v) is 2.58. The summed E-state index contributed by atoms with van der Waals surface area (Å²) < 4.78 is 6.60. The Morgan fingerprint density at radius 3 is 2.63 bits per heavy atom. The van der Waals surface area contributed by atoms with Gasteiger partial charge in [-0.05, 0) is 29.3 Å². The van der Waals surface area contributed by atoms with Crippen LogP contribution in [0.1, 0.15) is 21.6 Å². The Balaban J connectivity index is 1.64. The second-order valence-electron chi connectivity index (χ2n) is 5.85. The molecule has 0 radical (unpaired) electrons. The molecule has 1 N–H and O–H groups in total. The number of nitrogens with one attached hydrogen (secondary N) is 1. The summed E-state index contributed by atoms with van der Waals surface area (Å²) in [5.74, 6) is -0.298. The van der Waals surface area contributed by atoms with Crippen LogP contribution in [-0.4, -0.2) is 27.7 Å². The van der Waals surface area contributed by atoms with Crippen molar-refractivity contribution >= 4 is 11.6 Å². The number of benzene rings is 2. The van der Waals surface area contributed by atoms with Gasteiger partial charge in [-0.3, -0.25) is 14.9 Å². The third-order valence-electron chi connectivity index (χ3n) is 3.90. The topological polar surface area (TPSA) is 99.3 Å². The second kappa shape index (κ2) is 8.24. The summed E-state index contributed by atoms with van der Waals surface area (Å²) in [6, 6.07) is 15.3. The zero-order valence-corrected chi connectivity index (χ0v) is 14.7. The largest absolute Gasteiger partial charge is 0.380 e. The molecule has 0 atom stereocenters. The lowest BCUT2D eigenvalue weighted by molar-refractivity contribution is -0.384. The molecule has 0 aliphatic heterocycles. The highest BCUT2D eigenvalue weighted by atomic mass is 16.6. The van der Waals surface area contributed by atoms with Crippen molar-refractivity contribution in [1.29, 1.82) is 0 Å². The van der Waals surface area contributed by atoms with Crippen LogP contribution in [0, 0.1) is 10.1 Å². The van der Waals surface area contributed by atoms with E-state index in [2.05, 4.69) is 10.4 Å². The van der Waals surface area contributed by atoms with Gasteiger partial charge in [0.25, 0.3) is 11.6 Å². The molecule has 2 aromatic carbocycles. The maximum absolute atomic E-state index is 12.3. The number of methoxy groups -OCH3 is 1.